The zero-order valence-electron chi connectivity index (χ0n) is 12.7. The van der Waals surface area contributed by atoms with Gasteiger partial charge >= 0.3 is 5.97 Å². The Labute approximate surface area is 134 Å². The first-order chi connectivity index (χ1) is 11.2. The lowest BCUT2D eigenvalue weighted by molar-refractivity contribution is 0.0697. The lowest BCUT2D eigenvalue weighted by Gasteiger charge is -2.22. The zero-order chi connectivity index (χ0) is 16.1. The highest BCUT2D eigenvalue weighted by molar-refractivity contribution is 5.89. The van der Waals surface area contributed by atoms with Crippen LogP contribution in [0.1, 0.15) is 23.2 Å². The monoisotopic (exact) mass is 313 g/mol. The molecule has 1 aromatic heterocycles. The zero-order valence-corrected chi connectivity index (χ0v) is 12.7. The van der Waals surface area contributed by atoms with Crippen LogP contribution in [0.15, 0.2) is 36.7 Å². The Hall–Kier alpha value is -2.47. The molecule has 1 atom stereocenters. The fraction of sp³-hybridized carbons (Fsp3) is 0.353. The van der Waals surface area contributed by atoms with Crippen LogP contribution in [0.3, 0.4) is 0 Å². The molecule has 2 heterocycles. The Morgan fingerprint density at radius 2 is 2.26 bits per heavy atom. The van der Waals surface area contributed by atoms with Crippen LogP contribution in [-0.4, -0.2) is 40.7 Å². The Morgan fingerprint density at radius 3 is 2.96 bits per heavy atom. The minimum absolute atomic E-state index is 0.231. The van der Waals surface area contributed by atoms with Crippen LogP contribution in [0.25, 0.3) is 11.3 Å². The lowest BCUT2D eigenvalue weighted by Crippen LogP contribution is -2.33. The number of carboxylic acid groups (broad SMARTS) is 1. The molecule has 120 valence electrons. The van der Waals surface area contributed by atoms with Crippen LogP contribution in [0, 0.1) is 5.92 Å². The van der Waals surface area contributed by atoms with Crippen molar-refractivity contribution in [2.45, 2.75) is 12.8 Å². The van der Waals surface area contributed by atoms with E-state index in [1.165, 1.54) is 12.8 Å². The molecule has 2 aromatic rings. The second-order valence-electron chi connectivity index (χ2n) is 5.65. The van der Waals surface area contributed by atoms with Gasteiger partial charge in [0.1, 0.15) is 0 Å². The Morgan fingerprint density at radius 1 is 1.35 bits per heavy atom. The molecular weight excluding hydrogens is 294 g/mol. The van der Waals surface area contributed by atoms with E-state index in [0.29, 0.717) is 24.1 Å². The summed E-state index contributed by atoms with van der Waals surface area (Å²) in [7, 11) is 0. The molecule has 1 fully saturated rings. The third kappa shape index (κ3) is 4.04. The van der Waals surface area contributed by atoms with Crippen molar-refractivity contribution in [1.82, 2.24) is 15.3 Å². The maximum Gasteiger partial charge on any atom is 0.335 e. The standard InChI is InChI=1S/C17H19N3O3/c21-17(22)14-5-1-4-13(7-14)15-9-20-16(10-19-15)23-11-12-3-2-6-18-8-12/h1,4-5,7,9-10,12,18H,2-3,6,8,11H2,(H,21,22). The molecule has 1 unspecified atom stereocenters. The van der Waals surface area contributed by atoms with Crippen molar-refractivity contribution in [2.24, 2.45) is 5.92 Å². The third-order valence-corrected chi connectivity index (χ3v) is 3.90. The van der Waals surface area contributed by atoms with E-state index in [0.717, 1.165) is 18.7 Å². The first-order valence-corrected chi connectivity index (χ1v) is 7.71. The van der Waals surface area contributed by atoms with Crippen LogP contribution in [0.4, 0.5) is 0 Å². The quantitative estimate of drug-likeness (QED) is 0.880. The predicted octanol–water partition coefficient (Wildman–Crippen LogP) is 2.22. The lowest BCUT2D eigenvalue weighted by atomic mass is 10.0. The number of hydrogen-bond donors (Lipinski definition) is 2. The normalized spacial score (nSPS) is 17.7. The molecule has 6 heteroatoms. The highest BCUT2D eigenvalue weighted by Crippen LogP contribution is 2.19. The van der Waals surface area contributed by atoms with E-state index in [4.69, 9.17) is 9.84 Å². The average Bonchev–Trinajstić information content (AvgIpc) is 2.61. The molecule has 0 bridgehead atoms. The van der Waals surface area contributed by atoms with E-state index < -0.39 is 5.97 Å². The fourth-order valence-electron chi connectivity index (χ4n) is 2.62. The molecule has 1 aromatic carbocycles. The Bertz CT molecular complexity index is 667. The van der Waals surface area contributed by atoms with Crippen LogP contribution in [0.5, 0.6) is 5.88 Å². The summed E-state index contributed by atoms with van der Waals surface area (Å²) >= 11 is 0. The second kappa shape index (κ2) is 7.19. The van der Waals surface area contributed by atoms with Crippen molar-refractivity contribution in [3.05, 3.63) is 42.2 Å². The minimum atomic E-state index is -0.958. The van der Waals surface area contributed by atoms with Crippen molar-refractivity contribution in [3.8, 4) is 17.1 Å². The summed E-state index contributed by atoms with van der Waals surface area (Å²) in [4.78, 5) is 19.6. The molecule has 0 spiro atoms. The maximum atomic E-state index is 11.0. The molecule has 1 aliphatic heterocycles. The minimum Gasteiger partial charge on any atom is -0.478 e. The van der Waals surface area contributed by atoms with Crippen LogP contribution < -0.4 is 10.1 Å². The van der Waals surface area contributed by atoms with E-state index >= 15 is 0 Å². The summed E-state index contributed by atoms with van der Waals surface area (Å²) in [6.45, 7) is 2.70. The van der Waals surface area contributed by atoms with Crippen LogP contribution in [0.2, 0.25) is 0 Å². The Kier molecular flexibility index (Phi) is 4.83. The van der Waals surface area contributed by atoms with Gasteiger partial charge in [-0.25, -0.2) is 14.8 Å². The number of benzene rings is 1. The smallest absolute Gasteiger partial charge is 0.335 e. The van der Waals surface area contributed by atoms with Gasteiger partial charge in [0.15, 0.2) is 0 Å². The fourth-order valence-corrected chi connectivity index (χ4v) is 2.62. The number of piperidine rings is 1. The number of aromatic carboxylic acids is 1. The number of ether oxygens (including phenoxy) is 1. The SMILES string of the molecule is O=C(O)c1cccc(-c2cnc(OCC3CCCNC3)cn2)c1. The number of rotatable bonds is 5. The first kappa shape index (κ1) is 15.4. The summed E-state index contributed by atoms with van der Waals surface area (Å²) in [5, 5.41) is 12.4. The van der Waals surface area contributed by atoms with E-state index in [9.17, 15) is 4.79 Å². The van der Waals surface area contributed by atoms with Crippen LogP contribution >= 0.6 is 0 Å². The summed E-state index contributed by atoms with van der Waals surface area (Å²) in [5.74, 6) is 0.0482. The van der Waals surface area contributed by atoms with Gasteiger partial charge in [-0.15, -0.1) is 0 Å². The Balaban J connectivity index is 1.64. The van der Waals surface area contributed by atoms with Gasteiger partial charge in [-0.3, -0.25) is 0 Å². The summed E-state index contributed by atoms with van der Waals surface area (Å²) in [6, 6.07) is 6.64. The van der Waals surface area contributed by atoms with Gasteiger partial charge in [0.2, 0.25) is 5.88 Å². The molecule has 23 heavy (non-hydrogen) atoms. The summed E-state index contributed by atoms with van der Waals surface area (Å²) in [6.07, 6.45) is 5.54. The van der Waals surface area contributed by atoms with Crippen molar-refractivity contribution < 1.29 is 14.6 Å². The first-order valence-electron chi connectivity index (χ1n) is 7.71. The highest BCUT2D eigenvalue weighted by atomic mass is 16.5. The molecule has 0 radical (unpaired) electrons. The van der Waals surface area contributed by atoms with Crippen molar-refractivity contribution in [1.29, 1.82) is 0 Å². The maximum absolute atomic E-state index is 11.0. The van der Waals surface area contributed by atoms with Gasteiger partial charge in [-0.2, -0.15) is 0 Å². The number of aromatic nitrogens is 2. The van der Waals surface area contributed by atoms with E-state index in [1.807, 2.05) is 6.07 Å². The van der Waals surface area contributed by atoms with Gasteiger partial charge in [-0.05, 0) is 31.5 Å². The van der Waals surface area contributed by atoms with E-state index in [2.05, 4.69) is 15.3 Å². The largest absolute Gasteiger partial charge is 0.478 e. The van der Waals surface area contributed by atoms with Crippen molar-refractivity contribution in [3.63, 3.8) is 0 Å². The van der Waals surface area contributed by atoms with E-state index in [-0.39, 0.29) is 5.56 Å². The number of carboxylic acids is 1. The second-order valence-corrected chi connectivity index (χ2v) is 5.65. The molecule has 1 aliphatic rings. The van der Waals surface area contributed by atoms with Gasteiger partial charge in [0.05, 0.1) is 30.3 Å². The topological polar surface area (TPSA) is 84.3 Å². The molecule has 0 amide bonds. The van der Waals surface area contributed by atoms with Gasteiger partial charge < -0.3 is 15.2 Å². The molecule has 6 nitrogen and oxygen atoms in total. The van der Waals surface area contributed by atoms with Gasteiger partial charge in [-0.1, -0.05) is 12.1 Å². The number of carbonyl (C=O) groups is 1. The number of nitrogens with one attached hydrogen (secondary N) is 1. The average molecular weight is 313 g/mol. The molecule has 1 saturated heterocycles. The van der Waals surface area contributed by atoms with Gasteiger partial charge in [0.25, 0.3) is 0 Å². The number of nitrogens with zero attached hydrogens (tertiary/aromatic N) is 2. The predicted molar refractivity (Wildman–Crippen MR) is 85.5 cm³/mol. The third-order valence-electron chi connectivity index (χ3n) is 3.90. The number of hydrogen-bond acceptors (Lipinski definition) is 5. The van der Waals surface area contributed by atoms with Crippen molar-refractivity contribution in [2.75, 3.05) is 19.7 Å². The van der Waals surface area contributed by atoms with E-state index in [1.54, 1.807) is 30.6 Å². The molecule has 0 aliphatic carbocycles. The molecule has 2 N–H and O–H groups in total. The van der Waals surface area contributed by atoms with Gasteiger partial charge in [0, 0.05) is 18.0 Å². The van der Waals surface area contributed by atoms with Crippen LogP contribution in [-0.2, 0) is 0 Å². The van der Waals surface area contributed by atoms with Crippen molar-refractivity contribution >= 4 is 5.97 Å². The molecule has 0 saturated carbocycles. The summed E-state index contributed by atoms with van der Waals surface area (Å²) in [5.41, 5.74) is 1.58. The molecular formula is C17H19N3O3. The highest BCUT2D eigenvalue weighted by Gasteiger charge is 2.14. The summed E-state index contributed by atoms with van der Waals surface area (Å²) < 4.78 is 5.69. The molecule has 3 rings (SSSR count).